The summed E-state index contributed by atoms with van der Waals surface area (Å²) in [5.41, 5.74) is 2.54. The molecule has 9 heteroatoms. The number of ether oxygens (including phenoxy) is 1. The zero-order valence-electron chi connectivity index (χ0n) is 19.3. The molecule has 0 saturated carbocycles. The van der Waals surface area contributed by atoms with Crippen molar-refractivity contribution >= 4 is 27.5 Å². The Labute approximate surface area is 195 Å². The quantitative estimate of drug-likeness (QED) is 0.572. The Balaban J connectivity index is 1.52. The molecule has 8 nitrogen and oxygen atoms in total. The van der Waals surface area contributed by atoms with Gasteiger partial charge in [-0.3, -0.25) is 13.9 Å². The minimum atomic E-state index is -3.34. The minimum Gasteiger partial charge on any atom is -0.481 e. The summed E-state index contributed by atoms with van der Waals surface area (Å²) in [6.07, 6.45) is 2.51. The van der Waals surface area contributed by atoms with Crippen molar-refractivity contribution in [2.45, 2.75) is 45.4 Å². The number of anilines is 1. The van der Waals surface area contributed by atoms with E-state index in [2.05, 4.69) is 5.32 Å². The van der Waals surface area contributed by atoms with Gasteiger partial charge in [0.05, 0.1) is 11.9 Å². The second-order valence-corrected chi connectivity index (χ2v) is 10.2. The predicted octanol–water partition coefficient (Wildman–Crippen LogP) is 2.68. The van der Waals surface area contributed by atoms with E-state index < -0.39 is 16.1 Å². The van der Waals surface area contributed by atoms with Gasteiger partial charge in [-0.25, -0.2) is 8.42 Å². The monoisotopic (exact) mass is 473 g/mol. The summed E-state index contributed by atoms with van der Waals surface area (Å²) in [6, 6.07) is 14.4. The highest BCUT2D eigenvalue weighted by Gasteiger charge is 2.20. The molecule has 0 radical (unpaired) electrons. The number of hydrogen-bond donors (Lipinski definition) is 1. The van der Waals surface area contributed by atoms with Gasteiger partial charge >= 0.3 is 0 Å². The molecule has 2 amide bonds. The van der Waals surface area contributed by atoms with Crippen LogP contribution >= 0.6 is 0 Å². The zero-order valence-corrected chi connectivity index (χ0v) is 20.1. The summed E-state index contributed by atoms with van der Waals surface area (Å²) in [5.74, 6) is 0.471. The van der Waals surface area contributed by atoms with Crippen LogP contribution in [0.3, 0.4) is 0 Å². The highest BCUT2D eigenvalue weighted by Crippen LogP contribution is 2.21. The van der Waals surface area contributed by atoms with E-state index >= 15 is 0 Å². The molecular weight excluding hydrogens is 442 g/mol. The Morgan fingerprint density at radius 2 is 1.76 bits per heavy atom. The third-order valence-corrected chi connectivity index (χ3v) is 6.88. The van der Waals surface area contributed by atoms with Gasteiger partial charge in [-0.05, 0) is 48.2 Å². The third-order valence-electron chi connectivity index (χ3n) is 5.67. The first kappa shape index (κ1) is 24.6. The molecule has 2 aromatic rings. The number of nitrogens with one attached hydrogen (secondary N) is 1. The van der Waals surface area contributed by atoms with Crippen molar-refractivity contribution in [1.82, 2.24) is 10.2 Å². The lowest BCUT2D eigenvalue weighted by Crippen LogP contribution is -2.37. The first-order chi connectivity index (χ1) is 15.7. The van der Waals surface area contributed by atoms with E-state index in [1.165, 1.54) is 11.4 Å². The van der Waals surface area contributed by atoms with Crippen molar-refractivity contribution in [1.29, 1.82) is 0 Å². The first-order valence-electron chi connectivity index (χ1n) is 11.0. The summed E-state index contributed by atoms with van der Waals surface area (Å²) in [4.78, 5) is 26.3. The molecule has 0 bridgehead atoms. The molecule has 1 aliphatic heterocycles. The van der Waals surface area contributed by atoms with Gasteiger partial charge in [0.25, 0.3) is 5.91 Å². The highest BCUT2D eigenvalue weighted by atomic mass is 32.2. The van der Waals surface area contributed by atoms with E-state index in [0.717, 1.165) is 30.3 Å². The average Bonchev–Trinajstić information content (AvgIpc) is 3.20. The molecule has 1 heterocycles. The van der Waals surface area contributed by atoms with Crippen molar-refractivity contribution in [3.05, 3.63) is 59.7 Å². The van der Waals surface area contributed by atoms with Gasteiger partial charge < -0.3 is 15.0 Å². The maximum Gasteiger partial charge on any atom is 0.261 e. The van der Waals surface area contributed by atoms with Crippen molar-refractivity contribution in [2.24, 2.45) is 0 Å². The first-order valence-corrected chi connectivity index (χ1v) is 12.9. The van der Waals surface area contributed by atoms with Crippen LogP contribution in [-0.4, -0.2) is 51.1 Å². The number of amides is 2. The van der Waals surface area contributed by atoms with Gasteiger partial charge in [-0.1, -0.05) is 31.2 Å². The number of carbonyl (C=O) groups excluding carboxylic acids is 2. The molecule has 0 aliphatic carbocycles. The van der Waals surface area contributed by atoms with Crippen LogP contribution in [0.4, 0.5) is 5.69 Å². The van der Waals surface area contributed by atoms with Gasteiger partial charge in [-0.15, -0.1) is 0 Å². The van der Waals surface area contributed by atoms with Crippen LogP contribution in [0.5, 0.6) is 5.75 Å². The lowest BCUT2D eigenvalue weighted by Gasteiger charge is -2.19. The number of nitrogens with zero attached hydrogens (tertiary/aromatic N) is 2. The largest absolute Gasteiger partial charge is 0.481 e. The number of hydrogen-bond acceptors (Lipinski definition) is 5. The van der Waals surface area contributed by atoms with Crippen molar-refractivity contribution in [2.75, 3.05) is 24.2 Å². The minimum absolute atomic E-state index is 0.203. The van der Waals surface area contributed by atoms with Gasteiger partial charge in [-0.2, -0.15) is 0 Å². The molecule has 1 atom stereocenters. The average molecular weight is 474 g/mol. The summed E-state index contributed by atoms with van der Waals surface area (Å²) in [5, 5.41) is 2.90. The number of sulfonamides is 1. The molecule has 0 aromatic heterocycles. The Kier molecular flexibility index (Phi) is 7.97. The number of rotatable bonds is 10. The van der Waals surface area contributed by atoms with Gasteiger partial charge in [0.15, 0.2) is 6.10 Å². The molecule has 178 valence electrons. The standard InChI is InChI=1S/C24H31N3O5S/c1-4-22(32-21-13-11-20(12-14-21)26(2)33(3,30)31)24(29)25-16-18-7-9-19(10-8-18)17-27-15-5-6-23(27)28/h7-14,22H,4-6,15-17H2,1-3H3,(H,25,29). The second kappa shape index (κ2) is 10.7. The molecule has 1 N–H and O–H groups in total. The normalized spacial score (nSPS) is 14.8. The molecular formula is C24H31N3O5S. The topological polar surface area (TPSA) is 96.0 Å². The molecule has 1 aliphatic rings. The van der Waals surface area contributed by atoms with Gasteiger partial charge in [0.2, 0.25) is 15.9 Å². The Morgan fingerprint density at radius 1 is 1.12 bits per heavy atom. The van der Waals surface area contributed by atoms with Crippen LogP contribution in [-0.2, 0) is 32.7 Å². The van der Waals surface area contributed by atoms with E-state index in [4.69, 9.17) is 4.74 Å². The molecule has 1 unspecified atom stereocenters. The highest BCUT2D eigenvalue weighted by molar-refractivity contribution is 7.92. The van der Waals surface area contributed by atoms with Gasteiger partial charge in [0.1, 0.15) is 5.75 Å². The van der Waals surface area contributed by atoms with Crippen LogP contribution < -0.4 is 14.4 Å². The van der Waals surface area contributed by atoms with Crippen LogP contribution in [0.15, 0.2) is 48.5 Å². The van der Waals surface area contributed by atoms with E-state index in [-0.39, 0.29) is 11.8 Å². The second-order valence-electron chi connectivity index (χ2n) is 8.19. The maximum atomic E-state index is 12.6. The van der Waals surface area contributed by atoms with Crippen molar-refractivity contribution in [3.63, 3.8) is 0 Å². The lowest BCUT2D eigenvalue weighted by molar-refractivity contribution is -0.129. The Morgan fingerprint density at radius 3 is 2.30 bits per heavy atom. The Bertz CT molecular complexity index is 1070. The fraction of sp³-hybridized carbons (Fsp3) is 0.417. The molecule has 3 rings (SSSR count). The fourth-order valence-electron chi connectivity index (χ4n) is 3.57. The van der Waals surface area contributed by atoms with Crippen molar-refractivity contribution in [3.8, 4) is 5.75 Å². The SMILES string of the molecule is CCC(Oc1ccc(N(C)S(C)(=O)=O)cc1)C(=O)NCc1ccc(CN2CCCC2=O)cc1. The van der Waals surface area contributed by atoms with E-state index in [1.807, 2.05) is 36.1 Å². The van der Waals surface area contributed by atoms with Crippen LogP contribution in [0.1, 0.15) is 37.3 Å². The summed E-state index contributed by atoms with van der Waals surface area (Å²) < 4.78 is 30.3. The molecule has 33 heavy (non-hydrogen) atoms. The molecule has 2 aromatic carbocycles. The van der Waals surface area contributed by atoms with Crippen molar-refractivity contribution < 1.29 is 22.7 Å². The zero-order chi connectivity index (χ0) is 24.0. The molecule has 0 spiro atoms. The fourth-order valence-corrected chi connectivity index (χ4v) is 4.07. The van der Waals surface area contributed by atoms with E-state index in [0.29, 0.717) is 37.4 Å². The number of carbonyl (C=O) groups is 2. The number of benzene rings is 2. The van der Waals surface area contributed by atoms with Crippen LogP contribution in [0, 0.1) is 0 Å². The summed E-state index contributed by atoms with van der Waals surface area (Å²) >= 11 is 0. The molecule has 1 fully saturated rings. The lowest BCUT2D eigenvalue weighted by atomic mass is 10.1. The van der Waals surface area contributed by atoms with Crippen LogP contribution in [0.25, 0.3) is 0 Å². The third kappa shape index (κ3) is 6.71. The Hall–Kier alpha value is -3.07. The summed E-state index contributed by atoms with van der Waals surface area (Å²) in [6.45, 7) is 3.67. The van der Waals surface area contributed by atoms with Crippen LogP contribution in [0.2, 0.25) is 0 Å². The van der Waals surface area contributed by atoms with E-state index in [1.54, 1.807) is 24.3 Å². The number of likely N-dealkylation sites (tertiary alicyclic amines) is 1. The smallest absolute Gasteiger partial charge is 0.261 e. The maximum absolute atomic E-state index is 12.6. The van der Waals surface area contributed by atoms with E-state index in [9.17, 15) is 18.0 Å². The summed E-state index contributed by atoms with van der Waals surface area (Å²) in [7, 11) is -1.87. The molecule has 1 saturated heterocycles. The predicted molar refractivity (Wildman–Crippen MR) is 127 cm³/mol. The van der Waals surface area contributed by atoms with Gasteiger partial charge in [0, 0.05) is 33.1 Å².